The van der Waals surface area contributed by atoms with Crippen molar-refractivity contribution < 1.29 is 19.1 Å². The summed E-state index contributed by atoms with van der Waals surface area (Å²) in [5.74, 6) is -0.912. The lowest BCUT2D eigenvalue weighted by Crippen LogP contribution is -2.21. The Labute approximate surface area is 176 Å². The minimum Gasteiger partial charge on any atom is -0.465 e. The highest BCUT2D eigenvalue weighted by Gasteiger charge is 2.22. The molecular formula is C21H20N2O4S2. The van der Waals surface area contributed by atoms with Gasteiger partial charge in [-0.15, -0.1) is 22.7 Å². The first kappa shape index (κ1) is 20.8. The number of esters is 1. The van der Waals surface area contributed by atoms with Gasteiger partial charge in [-0.3, -0.25) is 9.59 Å². The van der Waals surface area contributed by atoms with Crippen LogP contribution in [0.1, 0.15) is 46.4 Å². The maximum absolute atomic E-state index is 12.6. The van der Waals surface area contributed by atoms with Gasteiger partial charge in [-0.1, -0.05) is 18.2 Å². The fourth-order valence-corrected chi connectivity index (χ4v) is 4.37. The minimum atomic E-state index is -0.473. The molecule has 2 N–H and O–H groups in total. The zero-order chi connectivity index (χ0) is 21.0. The number of hydrogen-bond donors (Lipinski definition) is 2. The Hall–Kier alpha value is -2.97. The fourth-order valence-electron chi connectivity index (χ4n) is 2.69. The first-order valence-electron chi connectivity index (χ1n) is 8.81. The third-order valence-corrected chi connectivity index (χ3v) is 6.41. The van der Waals surface area contributed by atoms with E-state index in [2.05, 4.69) is 10.6 Å². The Kier molecular flexibility index (Phi) is 6.46. The maximum atomic E-state index is 12.6. The predicted molar refractivity (Wildman–Crippen MR) is 115 cm³/mol. The molecule has 0 aliphatic carbocycles. The van der Waals surface area contributed by atoms with Crippen LogP contribution in [0, 0.1) is 13.8 Å². The van der Waals surface area contributed by atoms with Crippen LogP contribution in [-0.4, -0.2) is 24.9 Å². The molecule has 3 aromatic rings. The van der Waals surface area contributed by atoms with Crippen LogP contribution in [0.2, 0.25) is 0 Å². The smallest absolute Gasteiger partial charge is 0.341 e. The van der Waals surface area contributed by atoms with Crippen molar-refractivity contribution in [1.82, 2.24) is 5.32 Å². The molecule has 29 heavy (non-hydrogen) atoms. The van der Waals surface area contributed by atoms with Gasteiger partial charge in [0.15, 0.2) is 0 Å². The van der Waals surface area contributed by atoms with Crippen molar-refractivity contribution in [1.29, 1.82) is 0 Å². The molecule has 0 bridgehead atoms. The minimum absolute atomic E-state index is 0.124. The Morgan fingerprint density at radius 2 is 1.76 bits per heavy atom. The molecule has 0 saturated carbocycles. The summed E-state index contributed by atoms with van der Waals surface area (Å²) in [4.78, 5) is 38.2. The molecule has 0 radical (unpaired) electrons. The second kappa shape index (κ2) is 9.02. The van der Waals surface area contributed by atoms with Crippen LogP contribution in [0.15, 0.2) is 41.8 Å². The van der Waals surface area contributed by atoms with E-state index in [0.717, 1.165) is 16.0 Å². The van der Waals surface area contributed by atoms with E-state index in [0.29, 0.717) is 27.5 Å². The van der Waals surface area contributed by atoms with Gasteiger partial charge in [0.2, 0.25) is 0 Å². The van der Waals surface area contributed by atoms with Crippen LogP contribution in [0.3, 0.4) is 0 Å². The Morgan fingerprint density at radius 1 is 1.03 bits per heavy atom. The number of nitrogens with one attached hydrogen (secondary N) is 2. The van der Waals surface area contributed by atoms with Crippen LogP contribution in [0.25, 0.3) is 0 Å². The molecule has 0 saturated heterocycles. The molecule has 1 aromatic carbocycles. The van der Waals surface area contributed by atoms with E-state index in [1.807, 2.05) is 25.3 Å². The van der Waals surface area contributed by atoms with E-state index in [4.69, 9.17) is 4.74 Å². The topological polar surface area (TPSA) is 84.5 Å². The van der Waals surface area contributed by atoms with Crippen molar-refractivity contribution in [2.24, 2.45) is 0 Å². The van der Waals surface area contributed by atoms with Crippen LogP contribution in [0.5, 0.6) is 0 Å². The van der Waals surface area contributed by atoms with Crippen molar-refractivity contribution in [3.8, 4) is 0 Å². The lowest BCUT2D eigenvalue weighted by molar-refractivity contribution is 0.0601. The van der Waals surface area contributed by atoms with E-state index in [1.54, 1.807) is 30.3 Å². The van der Waals surface area contributed by atoms with E-state index in [9.17, 15) is 14.4 Å². The molecule has 2 heterocycles. The molecule has 0 fully saturated rings. The number of methoxy groups -OCH3 is 1. The van der Waals surface area contributed by atoms with Crippen molar-refractivity contribution in [3.63, 3.8) is 0 Å². The summed E-state index contributed by atoms with van der Waals surface area (Å²) in [6.45, 7) is 4.09. The average Bonchev–Trinajstić information content (AvgIpc) is 3.35. The zero-order valence-corrected chi connectivity index (χ0v) is 17.8. The van der Waals surface area contributed by atoms with Gasteiger partial charge >= 0.3 is 5.97 Å². The highest BCUT2D eigenvalue weighted by atomic mass is 32.1. The summed E-state index contributed by atoms with van der Waals surface area (Å²) in [6.07, 6.45) is 0. The van der Waals surface area contributed by atoms with Crippen molar-refractivity contribution in [2.75, 3.05) is 12.4 Å². The molecule has 0 unspecified atom stereocenters. The molecule has 0 aliphatic heterocycles. The van der Waals surface area contributed by atoms with Crippen LogP contribution in [0.4, 0.5) is 5.00 Å². The van der Waals surface area contributed by atoms with Crippen molar-refractivity contribution in [3.05, 3.63) is 73.8 Å². The Balaban J connectivity index is 1.66. The lowest BCUT2D eigenvalue weighted by atomic mass is 10.1. The van der Waals surface area contributed by atoms with Gasteiger partial charge in [-0.25, -0.2) is 4.79 Å². The molecular weight excluding hydrogens is 408 g/mol. The fraction of sp³-hybridized carbons (Fsp3) is 0.190. The van der Waals surface area contributed by atoms with Crippen molar-refractivity contribution in [2.45, 2.75) is 20.4 Å². The largest absolute Gasteiger partial charge is 0.465 e. The standard InChI is InChI=1S/C21H20N2O4S2/c1-12-13(2)29-20(17(12)21(26)27-3)23-18(24)15-8-6-14(7-9-15)11-22-19(25)16-5-4-10-28-16/h4-10H,11H2,1-3H3,(H,22,25)(H,23,24). The third-order valence-electron chi connectivity index (χ3n) is 4.42. The summed E-state index contributed by atoms with van der Waals surface area (Å²) in [5, 5.41) is 7.98. The summed E-state index contributed by atoms with van der Waals surface area (Å²) in [7, 11) is 1.32. The van der Waals surface area contributed by atoms with E-state index >= 15 is 0 Å². The number of hydrogen-bond acceptors (Lipinski definition) is 6. The molecule has 150 valence electrons. The normalized spacial score (nSPS) is 10.4. The number of carbonyl (C=O) groups excluding carboxylic acids is 3. The molecule has 8 heteroatoms. The van der Waals surface area contributed by atoms with Crippen molar-refractivity contribution >= 4 is 45.5 Å². The summed E-state index contributed by atoms with van der Waals surface area (Å²) < 4.78 is 4.83. The van der Waals surface area contributed by atoms with E-state index < -0.39 is 5.97 Å². The number of aryl methyl sites for hydroxylation is 1. The second-order valence-electron chi connectivity index (χ2n) is 6.29. The monoisotopic (exact) mass is 428 g/mol. The quantitative estimate of drug-likeness (QED) is 0.570. The molecule has 2 aromatic heterocycles. The Morgan fingerprint density at radius 3 is 2.38 bits per heavy atom. The van der Waals surface area contributed by atoms with E-state index in [-0.39, 0.29) is 11.8 Å². The summed E-state index contributed by atoms with van der Waals surface area (Å²) in [5.41, 5.74) is 2.52. The summed E-state index contributed by atoms with van der Waals surface area (Å²) >= 11 is 2.73. The number of thiophene rings is 2. The van der Waals surface area contributed by atoms with Gasteiger partial charge in [-0.2, -0.15) is 0 Å². The number of anilines is 1. The second-order valence-corrected chi connectivity index (χ2v) is 8.46. The molecule has 0 atom stereocenters. The van der Waals surface area contributed by atoms with Gasteiger partial charge < -0.3 is 15.4 Å². The van der Waals surface area contributed by atoms with Gasteiger partial charge in [-0.05, 0) is 48.6 Å². The van der Waals surface area contributed by atoms with Crippen LogP contribution < -0.4 is 10.6 Å². The van der Waals surface area contributed by atoms with E-state index in [1.165, 1.54) is 29.8 Å². The first-order chi connectivity index (χ1) is 13.9. The van der Waals surface area contributed by atoms with Crippen LogP contribution in [-0.2, 0) is 11.3 Å². The Bertz CT molecular complexity index is 1040. The number of carbonyl (C=O) groups is 3. The molecule has 2 amide bonds. The number of benzene rings is 1. The zero-order valence-electron chi connectivity index (χ0n) is 16.2. The number of amides is 2. The molecule has 0 spiro atoms. The van der Waals surface area contributed by atoms with Gasteiger partial charge in [0.25, 0.3) is 11.8 Å². The van der Waals surface area contributed by atoms with Gasteiger partial charge in [0, 0.05) is 17.0 Å². The number of rotatable bonds is 6. The highest BCUT2D eigenvalue weighted by Crippen LogP contribution is 2.33. The SMILES string of the molecule is COC(=O)c1c(NC(=O)c2ccc(CNC(=O)c3cccs3)cc2)sc(C)c1C. The average molecular weight is 429 g/mol. The first-order valence-corrected chi connectivity index (χ1v) is 10.5. The summed E-state index contributed by atoms with van der Waals surface area (Å²) in [6, 6.07) is 10.5. The van der Waals surface area contributed by atoms with Crippen LogP contribution >= 0.6 is 22.7 Å². The molecule has 0 aliphatic rings. The maximum Gasteiger partial charge on any atom is 0.341 e. The molecule has 3 rings (SSSR count). The van der Waals surface area contributed by atoms with Gasteiger partial charge in [0.05, 0.1) is 17.6 Å². The lowest BCUT2D eigenvalue weighted by Gasteiger charge is -2.08. The highest BCUT2D eigenvalue weighted by molar-refractivity contribution is 7.16. The number of ether oxygens (including phenoxy) is 1. The predicted octanol–water partition coefficient (Wildman–Crippen LogP) is 4.40. The third kappa shape index (κ3) is 4.72. The van der Waals surface area contributed by atoms with Gasteiger partial charge in [0.1, 0.15) is 5.00 Å². The molecule has 6 nitrogen and oxygen atoms in total.